The molecule has 11 heteroatoms. The van der Waals surface area contributed by atoms with Crippen molar-refractivity contribution >= 4 is 41.4 Å². The van der Waals surface area contributed by atoms with Crippen LogP contribution in [-0.4, -0.2) is 18.3 Å². The Morgan fingerprint density at radius 2 is 2.06 bits per heavy atom. The van der Waals surface area contributed by atoms with E-state index in [0.717, 1.165) is 0 Å². The van der Waals surface area contributed by atoms with Gasteiger partial charge in [0.2, 0.25) is 0 Å². The number of pyridine rings is 1. The summed E-state index contributed by atoms with van der Waals surface area (Å²) >= 11 is 2.55. The number of hydrogen-bond acceptors (Lipinski definition) is 5. The highest BCUT2D eigenvalue weighted by atomic mass is 79.9. The van der Waals surface area contributed by atoms with E-state index in [9.17, 15) is 27.3 Å². The van der Waals surface area contributed by atoms with Crippen molar-refractivity contribution in [3.05, 3.63) is 26.3 Å². The van der Waals surface area contributed by atoms with Crippen molar-refractivity contribution in [2.24, 2.45) is 0 Å². The van der Waals surface area contributed by atoms with Crippen LogP contribution < -0.4 is 0 Å². The lowest BCUT2D eigenvalue weighted by Gasteiger charge is -2.04. The second-order valence-corrected chi connectivity index (χ2v) is 5.95. The van der Waals surface area contributed by atoms with Gasteiger partial charge in [0.1, 0.15) is 5.56 Å². The Morgan fingerprint density at radius 1 is 1.53 bits per heavy atom. The van der Waals surface area contributed by atoms with E-state index in [4.69, 9.17) is 10.7 Å². The van der Waals surface area contributed by atoms with E-state index >= 15 is 0 Å². The normalized spacial score (nSPS) is 11.8. The molecular weight excluding hydrogens is 349 g/mol. The summed E-state index contributed by atoms with van der Waals surface area (Å²) in [5.41, 5.74) is -2.07. The van der Waals surface area contributed by atoms with Crippen LogP contribution in [0.25, 0.3) is 0 Å². The van der Waals surface area contributed by atoms with Crippen molar-refractivity contribution in [1.82, 2.24) is 4.98 Å². The maximum Gasteiger partial charge on any atom is 0.310 e. The number of nitro groups is 1. The second kappa shape index (κ2) is 4.78. The lowest BCUT2D eigenvalue weighted by atomic mass is 10.2. The molecule has 0 unspecified atom stereocenters. The number of halogens is 4. The summed E-state index contributed by atoms with van der Waals surface area (Å²) in [6.45, 7) is 0. The maximum atomic E-state index is 12.5. The van der Waals surface area contributed by atoms with E-state index in [0.29, 0.717) is 6.07 Å². The standard InChI is InChI=1S/C6H2BrClF2N2O4S/c7-5-4(12(13)14)2(6(9)10)1-3(11-5)17(8,15)16/h1,6H. The zero-order valence-corrected chi connectivity index (χ0v) is 10.8. The molecule has 0 N–H and O–H groups in total. The van der Waals surface area contributed by atoms with E-state index in [2.05, 4.69) is 20.9 Å². The van der Waals surface area contributed by atoms with Gasteiger partial charge in [-0.15, -0.1) is 0 Å². The van der Waals surface area contributed by atoms with E-state index in [1.54, 1.807) is 0 Å². The molecule has 1 aromatic heterocycles. The first-order valence-corrected chi connectivity index (χ1v) is 6.82. The molecule has 0 saturated carbocycles. The van der Waals surface area contributed by atoms with Crippen LogP contribution in [0.2, 0.25) is 0 Å². The highest BCUT2D eigenvalue weighted by molar-refractivity contribution is 9.10. The van der Waals surface area contributed by atoms with Gasteiger partial charge in [-0.05, 0) is 22.0 Å². The van der Waals surface area contributed by atoms with E-state index in [-0.39, 0.29) is 0 Å². The summed E-state index contributed by atoms with van der Waals surface area (Å²) in [6.07, 6.45) is -3.23. The van der Waals surface area contributed by atoms with Crippen molar-refractivity contribution in [1.29, 1.82) is 0 Å². The minimum atomic E-state index is -4.35. The van der Waals surface area contributed by atoms with Crippen LogP contribution in [0.1, 0.15) is 12.0 Å². The molecule has 6 nitrogen and oxygen atoms in total. The van der Waals surface area contributed by atoms with Gasteiger partial charge in [-0.3, -0.25) is 10.1 Å². The molecular formula is C6H2BrClF2N2O4S. The molecule has 0 aliphatic rings. The first-order valence-electron chi connectivity index (χ1n) is 3.72. The second-order valence-electron chi connectivity index (χ2n) is 2.68. The van der Waals surface area contributed by atoms with Crippen molar-refractivity contribution < 1.29 is 22.1 Å². The van der Waals surface area contributed by atoms with Gasteiger partial charge in [0.05, 0.1) is 4.92 Å². The molecule has 1 heterocycles. The van der Waals surface area contributed by atoms with Crippen LogP contribution >= 0.6 is 26.6 Å². The van der Waals surface area contributed by atoms with Crippen molar-refractivity contribution in [2.45, 2.75) is 11.5 Å². The van der Waals surface area contributed by atoms with Gasteiger partial charge < -0.3 is 0 Å². The number of nitrogens with zero attached hydrogens (tertiary/aromatic N) is 2. The van der Waals surface area contributed by atoms with Crippen LogP contribution in [0.4, 0.5) is 14.5 Å². The molecule has 0 radical (unpaired) electrons. The van der Waals surface area contributed by atoms with Crippen LogP contribution in [0.5, 0.6) is 0 Å². The van der Waals surface area contributed by atoms with E-state index < -0.39 is 41.3 Å². The molecule has 1 rings (SSSR count). The first-order chi connectivity index (χ1) is 7.64. The van der Waals surface area contributed by atoms with Gasteiger partial charge in [0.15, 0.2) is 9.63 Å². The Kier molecular flexibility index (Phi) is 3.99. The van der Waals surface area contributed by atoms with Crippen LogP contribution in [-0.2, 0) is 9.05 Å². The largest absolute Gasteiger partial charge is 0.310 e. The molecule has 0 bridgehead atoms. The highest BCUT2D eigenvalue weighted by Gasteiger charge is 2.29. The molecule has 0 aromatic carbocycles. The van der Waals surface area contributed by atoms with E-state index in [1.807, 2.05) is 0 Å². The Morgan fingerprint density at radius 3 is 2.41 bits per heavy atom. The van der Waals surface area contributed by atoms with Gasteiger partial charge in [-0.1, -0.05) is 0 Å². The predicted molar refractivity (Wildman–Crippen MR) is 56.6 cm³/mol. The van der Waals surface area contributed by atoms with Crippen LogP contribution in [0, 0.1) is 10.1 Å². The average molecular weight is 352 g/mol. The molecule has 0 aliphatic heterocycles. The topological polar surface area (TPSA) is 90.2 Å². The molecule has 0 spiro atoms. The minimum Gasteiger partial charge on any atom is -0.258 e. The Labute approximate surface area is 106 Å². The van der Waals surface area contributed by atoms with E-state index in [1.165, 1.54) is 0 Å². The molecule has 1 aromatic rings. The smallest absolute Gasteiger partial charge is 0.258 e. The third-order valence-electron chi connectivity index (χ3n) is 1.62. The van der Waals surface area contributed by atoms with Crippen molar-refractivity contribution in [3.8, 4) is 0 Å². The highest BCUT2D eigenvalue weighted by Crippen LogP contribution is 2.35. The molecule has 17 heavy (non-hydrogen) atoms. The summed E-state index contributed by atoms with van der Waals surface area (Å²) in [6, 6.07) is 0.371. The fourth-order valence-corrected chi connectivity index (χ4v) is 2.36. The molecule has 0 aliphatic carbocycles. The third kappa shape index (κ3) is 3.07. The van der Waals surface area contributed by atoms with Gasteiger partial charge in [-0.2, -0.15) is 0 Å². The summed E-state index contributed by atoms with van der Waals surface area (Å²) < 4.78 is 46.3. The number of alkyl halides is 2. The quantitative estimate of drug-likeness (QED) is 0.361. The summed E-state index contributed by atoms with van der Waals surface area (Å²) in [7, 11) is 0.565. The molecule has 0 atom stereocenters. The lowest BCUT2D eigenvalue weighted by molar-refractivity contribution is -0.387. The van der Waals surface area contributed by atoms with Gasteiger partial charge in [0, 0.05) is 10.7 Å². The maximum absolute atomic E-state index is 12.5. The SMILES string of the molecule is O=[N+]([O-])c1c(C(F)F)cc(S(=O)(=O)Cl)nc1Br. The third-order valence-corrected chi connectivity index (χ3v) is 3.36. The van der Waals surface area contributed by atoms with Gasteiger partial charge in [0.25, 0.3) is 15.5 Å². The van der Waals surface area contributed by atoms with Crippen LogP contribution in [0.15, 0.2) is 15.7 Å². The number of aromatic nitrogens is 1. The number of hydrogen-bond donors (Lipinski definition) is 0. The zero-order valence-electron chi connectivity index (χ0n) is 7.60. The Hall–Kier alpha value is -0.870. The van der Waals surface area contributed by atoms with Crippen molar-refractivity contribution in [3.63, 3.8) is 0 Å². The average Bonchev–Trinajstić information content (AvgIpc) is 2.13. The molecule has 0 amide bonds. The fourth-order valence-electron chi connectivity index (χ4n) is 0.974. The monoisotopic (exact) mass is 350 g/mol. The lowest BCUT2D eigenvalue weighted by Crippen LogP contribution is -2.04. The zero-order chi connectivity index (χ0) is 13.4. The summed E-state index contributed by atoms with van der Waals surface area (Å²) in [5.74, 6) is 0. The first kappa shape index (κ1) is 14.2. The van der Waals surface area contributed by atoms with Crippen LogP contribution in [0.3, 0.4) is 0 Å². The minimum absolute atomic E-state index is 0.371. The fraction of sp³-hybridized carbons (Fsp3) is 0.167. The predicted octanol–water partition coefficient (Wildman–Crippen LogP) is 2.62. The van der Waals surface area contributed by atoms with Gasteiger partial charge in [-0.25, -0.2) is 22.2 Å². The molecule has 0 saturated heterocycles. The molecule has 94 valence electrons. The summed E-state index contributed by atoms with van der Waals surface area (Å²) in [4.78, 5) is 12.7. The molecule has 0 fully saturated rings. The Balaban J connectivity index is 3.64. The van der Waals surface area contributed by atoms with Crippen molar-refractivity contribution in [2.75, 3.05) is 0 Å². The van der Waals surface area contributed by atoms with Gasteiger partial charge >= 0.3 is 5.69 Å². The number of rotatable bonds is 3. The Bertz CT molecular complexity index is 580. The summed E-state index contributed by atoms with van der Waals surface area (Å²) in [5, 5.41) is 9.65.